The molecule has 0 radical (unpaired) electrons. The van der Waals surface area contributed by atoms with Gasteiger partial charge in [-0.15, -0.1) is 0 Å². The molecule has 386 valence electrons. The molecule has 6 nitrogen and oxygen atoms in total. The smallest absolute Gasteiger partial charge is 0.306 e. The van der Waals surface area contributed by atoms with Gasteiger partial charge < -0.3 is 14.2 Å². The molecule has 0 bridgehead atoms. The normalized spacial score (nSPS) is 13.0. The summed E-state index contributed by atoms with van der Waals surface area (Å²) in [5.41, 5.74) is 0. The largest absolute Gasteiger partial charge is 0.462 e. The molecule has 0 aromatic rings. The fourth-order valence-corrected chi connectivity index (χ4v) is 8.93. The molecule has 6 heteroatoms. The van der Waals surface area contributed by atoms with Gasteiger partial charge in [0.2, 0.25) is 0 Å². The van der Waals surface area contributed by atoms with Crippen molar-refractivity contribution in [2.75, 3.05) is 13.2 Å². The Hall–Kier alpha value is -1.59. The maximum absolute atomic E-state index is 12.9. The molecule has 0 amide bonds. The quantitative estimate of drug-likeness (QED) is 0.0344. The molecule has 0 spiro atoms. The molecule has 2 unspecified atom stereocenters. The second-order valence-electron chi connectivity index (χ2n) is 21.2. The molecule has 0 heterocycles. The van der Waals surface area contributed by atoms with Gasteiger partial charge >= 0.3 is 17.9 Å². The van der Waals surface area contributed by atoms with Gasteiger partial charge in [-0.25, -0.2) is 0 Å². The van der Waals surface area contributed by atoms with Gasteiger partial charge in [-0.3, -0.25) is 14.4 Å². The summed E-state index contributed by atoms with van der Waals surface area (Å²) in [7, 11) is 0. The molecule has 65 heavy (non-hydrogen) atoms. The molecular formula is C59H114O6. The predicted molar refractivity (Wildman–Crippen MR) is 279 cm³/mol. The highest BCUT2D eigenvalue weighted by atomic mass is 16.6. The van der Waals surface area contributed by atoms with E-state index in [2.05, 4.69) is 41.5 Å². The van der Waals surface area contributed by atoms with Gasteiger partial charge in [0.15, 0.2) is 6.10 Å². The van der Waals surface area contributed by atoms with Crippen LogP contribution in [0.25, 0.3) is 0 Å². The van der Waals surface area contributed by atoms with Gasteiger partial charge in [-0.2, -0.15) is 0 Å². The van der Waals surface area contributed by atoms with Crippen molar-refractivity contribution in [1.29, 1.82) is 0 Å². The lowest BCUT2D eigenvalue weighted by Gasteiger charge is -2.18. The summed E-state index contributed by atoms with van der Waals surface area (Å²) in [5.74, 6) is 1.71. The molecule has 0 aliphatic rings. The van der Waals surface area contributed by atoms with Crippen LogP contribution < -0.4 is 0 Å². The molecule has 0 saturated carbocycles. The fourth-order valence-electron chi connectivity index (χ4n) is 8.93. The van der Waals surface area contributed by atoms with Gasteiger partial charge in [0, 0.05) is 19.3 Å². The first-order valence-electron chi connectivity index (χ1n) is 29.2. The fraction of sp³-hybridized carbons (Fsp3) is 0.949. The molecule has 0 aromatic carbocycles. The summed E-state index contributed by atoms with van der Waals surface area (Å²) >= 11 is 0. The molecule has 0 aliphatic carbocycles. The summed E-state index contributed by atoms with van der Waals surface area (Å²) in [4.78, 5) is 38.1. The Morgan fingerprint density at radius 2 is 0.538 bits per heavy atom. The first-order chi connectivity index (χ1) is 31.7. The van der Waals surface area contributed by atoms with Crippen LogP contribution in [0.4, 0.5) is 0 Å². The summed E-state index contributed by atoms with van der Waals surface area (Å²) < 4.78 is 16.9. The van der Waals surface area contributed by atoms with Crippen molar-refractivity contribution in [2.45, 2.75) is 330 Å². The zero-order valence-corrected chi connectivity index (χ0v) is 44.8. The van der Waals surface area contributed by atoms with E-state index in [0.717, 1.165) is 75.5 Å². The number of hydrogen-bond acceptors (Lipinski definition) is 6. The van der Waals surface area contributed by atoms with Crippen LogP contribution in [-0.2, 0) is 28.6 Å². The van der Waals surface area contributed by atoms with Crippen LogP contribution in [0.3, 0.4) is 0 Å². The molecule has 0 rings (SSSR count). The standard InChI is InChI=1S/C59H114O6/c1-7-54(5)46-40-34-28-24-20-15-13-11-9-10-12-14-16-22-26-30-38-44-50-59(62)65-56(52-64-58(61)49-43-37-32-31-35-41-47-55(6)8-2)51-63-57(60)48-42-36-29-25-21-18-17-19-23-27-33-39-45-53(3)4/h53-56H,7-52H2,1-6H3/t54?,55?,56-/m0/s1. The summed E-state index contributed by atoms with van der Waals surface area (Å²) in [6.07, 6.45) is 52.4. The Kier molecular flexibility index (Phi) is 49.1. The summed E-state index contributed by atoms with van der Waals surface area (Å²) in [5, 5.41) is 0. The number of esters is 3. The lowest BCUT2D eigenvalue weighted by molar-refractivity contribution is -0.167. The van der Waals surface area contributed by atoms with E-state index in [9.17, 15) is 14.4 Å². The molecule has 3 atom stereocenters. The maximum Gasteiger partial charge on any atom is 0.306 e. The van der Waals surface area contributed by atoms with E-state index in [4.69, 9.17) is 14.2 Å². The van der Waals surface area contributed by atoms with Crippen LogP contribution in [0.1, 0.15) is 324 Å². The van der Waals surface area contributed by atoms with E-state index < -0.39 is 6.10 Å². The van der Waals surface area contributed by atoms with Crippen molar-refractivity contribution < 1.29 is 28.6 Å². The summed E-state index contributed by atoms with van der Waals surface area (Å²) in [6, 6.07) is 0. The minimum Gasteiger partial charge on any atom is -0.462 e. The van der Waals surface area contributed by atoms with Crippen molar-refractivity contribution in [3.63, 3.8) is 0 Å². The Morgan fingerprint density at radius 3 is 0.800 bits per heavy atom. The average Bonchev–Trinajstić information content (AvgIpc) is 3.29. The number of hydrogen-bond donors (Lipinski definition) is 0. The first-order valence-corrected chi connectivity index (χ1v) is 29.2. The van der Waals surface area contributed by atoms with Crippen LogP contribution >= 0.6 is 0 Å². The zero-order valence-electron chi connectivity index (χ0n) is 44.8. The van der Waals surface area contributed by atoms with Gasteiger partial charge in [0.25, 0.3) is 0 Å². The highest BCUT2D eigenvalue weighted by Gasteiger charge is 2.19. The van der Waals surface area contributed by atoms with Gasteiger partial charge in [0.1, 0.15) is 13.2 Å². The summed E-state index contributed by atoms with van der Waals surface area (Å²) in [6.45, 7) is 13.8. The number of rotatable bonds is 52. The van der Waals surface area contributed by atoms with Crippen molar-refractivity contribution in [3.8, 4) is 0 Å². The minimum atomic E-state index is -0.764. The minimum absolute atomic E-state index is 0.0644. The van der Waals surface area contributed by atoms with E-state index in [1.54, 1.807) is 0 Å². The second kappa shape index (κ2) is 50.3. The lowest BCUT2D eigenvalue weighted by atomic mass is 9.99. The topological polar surface area (TPSA) is 78.9 Å². The van der Waals surface area contributed by atoms with Crippen molar-refractivity contribution in [3.05, 3.63) is 0 Å². The molecule has 0 saturated heterocycles. The third kappa shape index (κ3) is 50.1. The Balaban J connectivity index is 4.22. The van der Waals surface area contributed by atoms with Crippen LogP contribution in [-0.4, -0.2) is 37.2 Å². The van der Waals surface area contributed by atoms with E-state index in [1.165, 1.54) is 205 Å². The van der Waals surface area contributed by atoms with Crippen LogP contribution in [0.2, 0.25) is 0 Å². The highest BCUT2D eigenvalue weighted by molar-refractivity contribution is 5.71. The molecule has 0 fully saturated rings. The van der Waals surface area contributed by atoms with E-state index in [0.29, 0.717) is 19.3 Å². The van der Waals surface area contributed by atoms with E-state index in [1.807, 2.05) is 0 Å². The molecular weight excluding hydrogens is 805 g/mol. The average molecular weight is 920 g/mol. The third-order valence-corrected chi connectivity index (χ3v) is 14.1. The first kappa shape index (κ1) is 63.4. The van der Waals surface area contributed by atoms with Gasteiger partial charge in [-0.05, 0) is 37.0 Å². The molecule has 0 N–H and O–H groups in total. The monoisotopic (exact) mass is 919 g/mol. The van der Waals surface area contributed by atoms with E-state index >= 15 is 0 Å². The third-order valence-electron chi connectivity index (χ3n) is 14.1. The molecule has 0 aliphatic heterocycles. The van der Waals surface area contributed by atoms with Crippen LogP contribution in [0, 0.1) is 17.8 Å². The number of ether oxygens (including phenoxy) is 3. The second-order valence-corrected chi connectivity index (χ2v) is 21.2. The van der Waals surface area contributed by atoms with Crippen LogP contribution in [0.15, 0.2) is 0 Å². The van der Waals surface area contributed by atoms with E-state index in [-0.39, 0.29) is 31.1 Å². The lowest BCUT2D eigenvalue weighted by Crippen LogP contribution is -2.30. The number of unbranched alkanes of at least 4 members (excludes halogenated alkanes) is 33. The van der Waals surface area contributed by atoms with Crippen molar-refractivity contribution in [2.24, 2.45) is 17.8 Å². The predicted octanol–water partition coefficient (Wildman–Crippen LogP) is 19.1. The maximum atomic E-state index is 12.9. The zero-order chi connectivity index (χ0) is 47.7. The SMILES string of the molecule is CCC(C)CCCCCCCCCCCCCCCCCCCCC(=O)O[C@@H](COC(=O)CCCCCCCCCCCCCCC(C)C)COC(=O)CCCCCCCCC(C)CC. The Labute approximate surface area is 406 Å². The number of carbonyl (C=O) groups excluding carboxylic acids is 3. The van der Waals surface area contributed by atoms with Gasteiger partial charge in [-0.1, -0.05) is 286 Å². The Bertz CT molecular complexity index is 1010. The highest BCUT2D eigenvalue weighted by Crippen LogP contribution is 2.19. The number of carbonyl (C=O) groups is 3. The van der Waals surface area contributed by atoms with Crippen LogP contribution in [0.5, 0.6) is 0 Å². The van der Waals surface area contributed by atoms with Gasteiger partial charge in [0.05, 0.1) is 0 Å². The Morgan fingerprint density at radius 1 is 0.308 bits per heavy atom. The van der Waals surface area contributed by atoms with Crippen molar-refractivity contribution >= 4 is 17.9 Å². The molecule has 0 aromatic heterocycles. The van der Waals surface area contributed by atoms with Crippen molar-refractivity contribution in [1.82, 2.24) is 0 Å².